The molecule has 0 radical (unpaired) electrons. The van der Waals surface area contributed by atoms with Crippen LogP contribution in [0.15, 0.2) is 47.4 Å². The fourth-order valence-electron chi connectivity index (χ4n) is 1.93. The second-order valence-corrected chi connectivity index (χ2v) is 6.23. The van der Waals surface area contributed by atoms with Crippen LogP contribution in [0, 0.1) is 23.0 Å². The lowest BCUT2D eigenvalue weighted by Gasteiger charge is -2.08. The molecule has 0 aliphatic rings. The summed E-state index contributed by atoms with van der Waals surface area (Å²) in [5, 5.41) is 8.92. The molecule has 0 spiro atoms. The third kappa shape index (κ3) is 3.67. The van der Waals surface area contributed by atoms with Crippen molar-refractivity contribution in [2.75, 3.05) is 6.54 Å². The molecule has 0 aliphatic heterocycles. The van der Waals surface area contributed by atoms with E-state index in [2.05, 4.69) is 4.72 Å². The van der Waals surface area contributed by atoms with Crippen molar-refractivity contribution in [1.82, 2.24) is 4.72 Å². The molecule has 7 heteroatoms. The predicted molar refractivity (Wildman–Crippen MR) is 76.4 cm³/mol. The Morgan fingerprint density at radius 2 is 1.86 bits per heavy atom. The Kier molecular flexibility index (Phi) is 4.85. The Hall–Kier alpha value is -2.30. The van der Waals surface area contributed by atoms with Gasteiger partial charge in [0.2, 0.25) is 10.0 Å². The number of nitriles is 1. The van der Waals surface area contributed by atoms with Gasteiger partial charge < -0.3 is 0 Å². The second kappa shape index (κ2) is 6.64. The average molecular weight is 322 g/mol. The van der Waals surface area contributed by atoms with Crippen LogP contribution < -0.4 is 4.72 Å². The van der Waals surface area contributed by atoms with Gasteiger partial charge in [-0.1, -0.05) is 12.1 Å². The fraction of sp³-hybridized carbons (Fsp3) is 0.133. The fourth-order valence-corrected chi connectivity index (χ4v) is 3.11. The molecule has 2 rings (SSSR count). The molecule has 2 aromatic rings. The SMILES string of the molecule is N#Cc1ccccc1S(=O)(=O)NCCc1cc(F)ccc1F. The Morgan fingerprint density at radius 1 is 1.14 bits per heavy atom. The Morgan fingerprint density at radius 3 is 2.59 bits per heavy atom. The molecule has 22 heavy (non-hydrogen) atoms. The number of hydrogen-bond acceptors (Lipinski definition) is 3. The summed E-state index contributed by atoms with van der Waals surface area (Å²) in [6.07, 6.45) is -0.00244. The van der Waals surface area contributed by atoms with E-state index in [-0.39, 0.29) is 29.0 Å². The summed E-state index contributed by atoms with van der Waals surface area (Å²) >= 11 is 0. The van der Waals surface area contributed by atoms with Crippen LogP contribution in [0.5, 0.6) is 0 Å². The van der Waals surface area contributed by atoms with Gasteiger partial charge in [0.1, 0.15) is 17.7 Å². The highest BCUT2D eigenvalue weighted by Crippen LogP contribution is 2.14. The molecule has 0 unspecified atom stereocenters. The number of hydrogen-bond donors (Lipinski definition) is 1. The first-order valence-electron chi connectivity index (χ1n) is 6.37. The summed E-state index contributed by atoms with van der Waals surface area (Å²) in [7, 11) is -3.88. The molecule has 114 valence electrons. The minimum atomic E-state index is -3.88. The van der Waals surface area contributed by atoms with Gasteiger partial charge >= 0.3 is 0 Å². The van der Waals surface area contributed by atoms with Crippen LogP contribution in [0.1, 0.15) is 11.1 Å². The summed E-state index contributed by atoms with van der Waals surface area (Å²) in [6, 6.07) is 10.6. The lowest BCUT2D eigenvalue weighted by molar-refractivity contribution is 0.572. The number of nitrogens with one attached hydrogen (secondary N) is 1. The topological polar surface area (TPSA) is 70.0 Å². The van der Waals surface area contributed by atoms with Crippen molar-refractivity contribution >= 4 is 10.0 Å². The number of benzene rings is 2. The van der Waals surface area contributed by atoms with Crippen molar-refractivity contribution in [3.63, 3.8) is 0 Å². The summed E-state index contributed by atoms with van der Waals surface area (Å²) in [6.45, 7) is -0.109. The summed E-state index contributed by atoms with van der Waals surface area (Å²) in [5.74, 6) is -1.19. The smallest absolute Gasteiger partial charge is 0.211 e. The third-order valence-electron chi connectivity index (χ3n) is 2.99. The highest BCUT2D eigenvalue weighted by molar-refractivity contribution is 7.89. The lowest BCUT2D eigenvalue weighted by atomic mass is 10.1. The zero-order chi connectivity index (χ0) is 16.2. The van der Waals surface area contributed by atoms with Crippen molar-refractivity contribution in [2.45, 2.75) is 11.3 Å². The minimum Gasteiger partial charge on any atom is -0.211 e. The first-order valence-corrected chi connectivity index (χ1v) is 7.85. The van der Waals surface area contributed by atoms with Gasteiger partial charge in [-0.05, 0) is 42.3 Å². The standard InChI is InChI=1S/C15H12F2N2O2S/c16-13-5-6-14(17)11(9-13)7-8-19-22(20,21)15-4-2-1-3-12(15)10-18/h1-6,9,19H,7-8H2. The Balaban J connectivity index is 2.11. The van der Waals surface area contributed by atoms with Crippen molar-refractivity contribution in [1.29, 1.82) is 5.26 Å². The van der Waals surface area contributed by atoms with Gasteiger partial charge in [0, 0.05) is 6.54 Å². The second-order valence-electron chi connectivity index (χ2n) is 4.49. The first-order chi connectivity index (χ1) is 10.4. The highest BCUT2D eigenvalue weighted by Gasteiger charge is 2.17. The van der Waals surface area contributed by atoms with Gasteiger partial charge in [0.05, 0.1) is 10.5 Å². The molecule has 0 amide bonds. The maximum Gasteiger partial charge on any atom is 0.241 e. The van der Waals surface area contributed by atoms with E-state index in [1.807, 2.05) is 0 Å². The zero-order valence-electron chi connectivity index (χ0n) is 11.4. The number of rotatable bonds is 5. The van der Waals surface area contributed by atoms with Crippen LogP contribution in [0.25, 0.3) is 0 Å². The van der Waals surface area contributed by atoms with Crippen LogP contribution in [-0.4, -0.2) is 15.0 Å². The van der Waals surface area contributed by atoms with Crippen molar-refractivity contribution in [3.05, 3.63) is 65.2 Å². The van der Waals surface area contributed by atoms with E-state index in [1.165, 1.54) is 18.2 Å². The first kappa shape index (κ1) is 16.1. The van der Waals surface area contributed by atoms with Gasteiger partial charge in [-0.3, -0.25) is 0 Å². The molecule has 1 N–H and O–H groups in total. The molecule has 0 saturated heterocycles. The largest absolute Gasteiger partial charge is 0.241 e. The lowest BCUT2D eigenvalue weighted by Crippen LogP contribution is -2.26. The summed E-state index contributed by atoms with van der Waals surface area (Å²) in [4.78, 5) is -0.141. The number of nitrogens with zero attached hydrogens (tertiary/aromatic N) is 1. The summed E-state index contributed by atoms with van der Waals surface area (Å²) < 4.78 is 53.0. The third-order valence-corrected chi connectivity index (χ3v) is 4.51. The van der Waals surface area contributed by atoms with E-state index < -0.39 is 21.7 Å². The van der Waals surface area contributed by atoms with Gasteiger partial charge in [0.15, 0.2) is 0 Å². The van der Waals surface area contributed by atoms with Gasteiger partial charge in [-0.25, -0.2) is 21.9 Å². The monoisotopic (exact) mass is 322 g/mol. The van der Waals surface area contributed by atoms with Crippen LogP contribution in [-0.2, 0) is 16.4 Å². The van der Waals surface area contributed by atoms with Crippen molar-refractivity contribution in [2.24, 2.45) is 0 Å². The van der Waals surface area contributed by atoms with Gasteiger partial charge in [-0.2, -0.15) is 5.26 Å². The molecule has 0 bridgehead atoms. The predicted octanol–water partition coefficient (Wildman–Crippen LogP) is 2.36. The number of sulfonamides is 1. The molecule has 0 saturated carbocycles. The summed E-state index contributed by atoms with van der Waals surface area (Å²) in [5.41, 5.74) is 0.100. The normalized spacial score (nSPS) is 11.1. The molecule has 4 nitrogen and oxygen atoms in total. The van der Waals surface area contributed by atoms with E-state index in [9.17, 15) is 17.2 Å². The van der Waals surface area contributed by atoms with Crippen LogP contribution in [0.4, 0.5) is 8.78 Å². The maximum absolute atomic E-state index is 13.4. The van der Waals surface area contributed by atoms with Gasteiger partial charge in [0.25, 0.3) is 0 Å². The van der Waals surface area contributed by atoms with E-state index in [0.717, 1.165) is 18.2 Å². The molecule has 0 heterocycles. The van der Waals surface area contributed by atoms with Crippen LogP contribution in [0.2, 0.25) is 0 Å². The molecule has 2 aromatic carbocycles. The Labute approximate surface area is 127 Å². The maximum atomic E-state index is 13.4. The quantitative estimate of drug-likeness (QED) is 0.918. The molecular weight excluding hydrogens is 310 g/mol. The van der Waals surface area contributed by atoms with Crippen LogP contribution >= 0.6 is 0 Å². The molecule has 0 atom stereocenters. The molecule has 0 aliphatic carbocycles. The van der Waals surface area contributed by atoms with E-state index in [4.69, 9.17) is 5.26 Å². The highest BCUT2D eigenvalue weighted by atomic mass is 32.2. The zero-order valence-corrected chi connectivity index (χ0v) is 12.2. The Bertz CT molecular complexity index is 830. The molecular formula is C15H12F2N2O2S. The minimum absolute atomic E-state index is 0.00244. The van der Waals surface area contributed by atoms with E-state index in [1.54, 1.807) is 12.1 Å². The molecule has 0 aromatic heterocycles. The van der Waals surface area contributed by atoms with Crippen LogP contribution in [0.3, 0.4) is 0 Å². The van der Waals surface area contributed by atoms with Crippen molar-refractivity contribution in [3.8, 4) is 6.07 Å². The van der Waals surface area contributed by atoms with E-state index >= 15 is 0 Å². The molecule has 0 fully saturated rings. The van der Waals surface area contributed by atoms with Gasteiger partial charge in [-0.15, -0.1) is 0 Å². The average Bonchev–Trinajstić information content (AvgIpc) is 2.50. The number of halogens is 2. The van der Waals surface area contributed by atoms with E-state index in [0.29, 0.717) is 0 Å². The van der Waals surface area contributed by atoms with Crippen molar-refractivity contribution < 1.29 is 17.2 Å².